The van der Waals surface area contributed by atoms with Gasteiger partial charge in [-0.3, -0.25) is 52.7 Å². The smallest absolute Gasteiger partial charge is 0.296 e. The maximum atomic E-state index is 13.7. The van der Waals surface area contributed by atoms with Crippen LogP contribution in [0.1, 0.15) is 101 Å². The van der Waals surface area contributed by atoms with Crippen molar-refractivity contribution >= 4 is 41.2 Å². The molecule has 0 saturated carbocycles. The minimum absolute atomic E-state index is 0.0103. The van der Waals surface area contributed by atoms with E-state index in [-0.39, 0.29) is 116 Å². The number of fused-ring (bicyclic) bond motifs is 2. The molecule has 7 heterocycles. The first kappa shape index (κ1) is 53.4. The van der Waals surface area contributed by atoms with Crippen LogP contribution < -0.4 is 49.2 Å². The molecule has 0 radical (unpaired) electrons. The Morgan fingerprint density at radius 2 is 1.15 bits per heavy atom. The van der Waals surface area contributed by atoms with Gasteiger partial charge in [-0.1, -0.05) is 12.1 Å². The molecule has 0 aliphatic carbocycles. The molecule has 380 valence electrons. The molecule has 8 N–H and O–H groups in total. The molecule has 4 bridgehead atoms. The average molecular weight is 990 g/mol. The first-order chi connectivity index (χ1) is 34.0. The number of hydrogen-bond acceptors (Lipinski definition) is 17. The Labute approximate surface area is 401 Å². The summed E-state index contributed by atoms with van der Waals surface area (Å²) >= 11 is 0. The van der Waals surface area contributed by atoms with E-state index in [9.17, 15) is 73.6 Å². The van der Waals surface area contributed by atoms with Gasteiger partial charge in [-0.15, -0.1) is 9.46 Å². The second-order valence-electron chi connectivity index (χ2n) is 15.8. The molecule has 7 rings (SSSR count). The lowest BCUT2D eigenvalue weighted by Gasteiger charge is -2.27. The number of nitrogens with one attached hydrogen (secondary N) is 4. The third-order valence-electron chi connectivity index (χ3n) is 10.9. The SMILES string of the molecule is NCCOCCCC(=O)C1CNC(=O)c2ccc(n(O)c2=O)C(=O)NCCCN(C(=O)c2cccc(=O)n2[O-])CCCCN(C(=O)c2cccc(=O)n2O)CCCNC(=O)c2ccc(c(=O)n2[O-])C(=O)N1. The number of ketones is 1. The summed E-state index contributed by atoms with van der Waals surface area (Å²) in [7, 11) is 0. The highest BCUT2D eigenvalue weighted by molar-refractivity contribution is 6.00. The molecule has 27 nitrogen and oxygen atoms in total. The van der Waals surface area contributed by atoms with Crippen molar-refractivity contribution in [2.24, 2.45) is 5.73 Å². The highest BCUT2D eigenvalue weighted by atomic mass is 16.5. The van der Waals surface area contributed by atoms with E-state index in [1.165, 1.54) is 28.0 Å². The Morgan fingerprint density at radius 1 is 0.606 bits per heavy atom. The lowest BCUT2D eigenvalue weighted by atomic mass is 10.1. The van der Waals surface area contributed by atoms with Gasteiger partial charge in [-0.2, -0.15) is 0 Å². The van der Waals surface area contributed by atoms with E-state index in [2.05, 4.69) is 21.3 Å². The molecule has 4 aromatic heterocycles. The molecule has 3 aliphatic heterocycles. The second-order valence-corrected chi connectivity index (χ2v) is 15.8. The number of carbonyl (C=O) groups is 7. The molecule has 71 heavy (non-hydrogen) atoms. The van der Waals surface area contributed by atoms with Crippen molar-refractivity contribution in [1.29, 1.82) is 0 Å². The molecular weight excluding hydrogens is 939 g/mol. The molecule has 0 aromatic carbocycles. The molecule has 1 atom stereocenters. The highest BCUT2D eigenvalue weighted by Gasteiger charge is 2.27. The van der Waals surface area contributed by atoms with Crippen molar-refractivity contribution < 1.29 is 48.7 Å². The molecule has 0 fully saturated rings. The van der Waals surface area contributed by atoms with Gasteiger partial charge in [0.1, 0.15) is 39.9 Å². The zero-order valence-corrected chi connectivity index (χ0v) is 38.0. The van der Waals surface area contributed by atoms with Crippen molar-refractivity contribution in [2.45, 2.75) is 44.6 Å². The van der Waals surface area contributed by atoms with Crippen molar-refractivity contribution in [2.75, 3.05) is 65.6 Å². The number of pyridine rings is 4. The van der Waals surface area contributed by atoms with Crippen LogP contribution in [0.25, 0.3) is 0 Å². The van der Waals surface area contributed by atoms with E-state index >= 15 is 0 Å². The average Bonchev–Trinajstić information content (AvgIpc) is 3.34. The van der Waals surface area contributed by atoms with Gasteiger partial charge in [0, 0.05) is 77.5 Å². The van der Waals surface area contributed by atoms with Crippen LogP contribution in [0, 0.1) is 10.4 Å². The lowest BCUT2D eigenvalue weighted by Crippen LogP contribution is -2.50. The van der Waals surface area contributed by atoms with Crippen molar-refractivity contribution in [3.8, 4) is 0 Å². The Balaban J connectivity index is 1.44. The number of Topliss-reactive ketones (excluding diaryl/α,β-unsaturated/α-hetero) is 1. The van der Waals surface area contributed by atoms with Gasteiger partial charge in [-0.25, -0.2) is 0 Å². The second kappa shape index (κ2) is 25.1. The topological polar surface area (TPSA) is 384 Å². The van der Waals surface area contributed by atoms with Gasteiger partial charge in [0.2, 0.25) is 5.56 Å². The van der Waals surface area contributed by atoms with E-state index in [0.717, 1.165) is 42.5 Å². The summed E-state index contributed by atoms with van der Waals surface area (Å²) in [6, 6.07) is 8.80. The minimum Gasteiger partial charge on any atom is -0.803 e. The van der Waals surface area contributed by atoms with E-state index in [0.29, 0.717) is 0 Å². The van der Waals surface area contributed by atoms with Crippen LogP contribution in [0.2, 0.25) is 0 Å². The van der Waals surface area contributed by atoms with Crippen molar-refractivity contribution in [3.63, 3.8) is 0 Å². The number of carbonyl (C=O) groups excluding carboxylic acids is 7. The van der Waals surface area contributed by atoms with Crippen LogP contribution in [-0.4, -0.2) is 152 Å². The van der Waals surface area contributed by atoms with Crippen molar-refractivity contribution in [1.82, 2.24) is 50.0 Å². The molecular formula is C44H51N11O16-2. The minimum atomic E-state index is -1.58. The third-order valence-corrected chi connectivity index (χ3v) is 10.9. The molecule has 27 heteroatoms. The Kier molecular flexibility index (Phi) is 18.9. The van der Waals surface area contributed by atoms with Crippen LogP contribution in [0.15, 0.2) is 79.8 Å². The highest BCUT2D eigenvalue weighted by Crippen LogP contribution is 2.11. The first-order valence-electron chi connectivity index (χ1n) is 22.2. The number of ether oxygens (including phenoxy) is 1. The fraction of sp³-hybridized carbons (Fsp3) is 0.386. The zero-order valence-electron chi connectivity index (χ0n) is 38.0. The number of rotatable bonds is 9. The normalized spacial score (nSPS) is 16.1. The fourth-order valence-electron chi connectivity index (χ4n) is 7.17. The van der Waals surface area contributed by atoms with Gasteiger partial charge in [0.05, 0.1) is 6.61 Å². The number of nitrogens with two attached hydrogens (primary N) is 1. The summed E-state index contributed by atoms with van der Waals surface area (Å²) in [5, 5.41) is 56.2. The van der Waals surface area contributed by atoms with Crippen LogP contribution in [0.3, 0.4) is 0 Å². The zero-order chi connectivity index (χ0) is 51.8. The summed E-state index contributed by atoms with van der Waals surface area (Å²) in [5.41, 5.74) is -3.09. The van der Waals surface area contributed by atoms with Gasteiger partial charge >= 0.3 is 0 Å². The lowest BCUT2D eigenvalue weighted by molar-refractivity contribution is -0.121. The van der Waals surface area contributed by atoms with Crippen molar-refractivity contribution in [3.05, 3.63) is 146 Å². The Morgan fingerprint density at radius 3 is 1.79 bits per heavy atom. The van der Waals surface area contributed by atoms with Gasteiger partial charge in [0.25, 0.3) is 52.1 Å². The van der Waals surface area contributed by atoms with Gasteiger partial charge < -0.3 is 71.8 Å². The van der Waals surface area contributed by atoms with Gasteiger partial charge in [-0.05, 0) is 68.5 Å². The Bertz CT molecular complexity index is 2890. The standard InChI is InChI=1S/C44H51N11O16/c45-17-25-71-24-5-10-34(56)29-26-48-37(59)27-13-15-30(54(69)41(27)63)39(61)46-18-6-22-50(43(65)32-8-3-11-35(57)52(32)67)20-1-2-21-51(44(66)33-9-4-12-36(58)53(33)68)23-7-19-47-40(62)31-16-14-28(38(60)49-29)42(64)55(31)70/h3-4,8-9,11-16,29,68-69H,1-2,5-7,10,17-26,45H2,(H,46,61)(H,47,62)(H,48,59)(H,49,60)/q-2. The van der Waals surface area contributed by atoms with E-state index in [1.54, 1.807) is 0 Å². The predicted octanol–water partition coefficient (Wildman–Crippen LogP) is -2.33. The quantitative estimate of drug-likeness (QED) is 0.0683. The molecule has 1 unspecified atom stereocenters. The summed E-state index contributed by atoms with van der Waals surface area (Å²) in [4.78, 5) is 147. The van der Waals surface area contributed by atoms with E-state index in [4.69, 9.17) is 10.5 Å². The molecule has 0 saturated heterocycles. The van der Waals surface area contributed by atoms with Gasteiger partial charge in [0.15, 0.2) is 5.78 Å². The number of nitrogens with zero attached hydrogens (tertiary/aromatic N) is 6. The Hall–Kier alpha value is -8.59. The molecule has 0 spiro atoms. The van der Waals surface area contributed by atoms with Crippen LogP contribution in [-0.2, 0) is 9.53 Å². The predicted molar refractivity (Wildman–Crippen MR) is 247 cm³/mol. The molecule has 3 aliphatic rings. The van der Waals surface area contributed by atoms with E-state index < -0.39 is 110 Å². The summed E-state index contributed by atoms with van der Waals surface area (Å²) in [5.74, 6) is -6.78. The molecule has 6 amide bonds. The van der Waals surface area contributed by atoms with E-state index in [1.807, 2.05) is 0 Å². The molecule has 4 aromatic rings. The van der Waals surface area contributed by atoms with Crippen LogP contribution in [0.5, 0.6) is 0 Å². The number of hydrogen-bond donors (Lipinski definition) is 7. The third kappa shape index (κ3) is 13.6. The summed E-state index contributed by atoms with van der Waals surface area (Å²) < 4.78 is 4.89. The van der Waals surface area contributed by atoms with Crippen LogP contribution >= 0.6 is 0 Å². The largest absolute Gasteiger partial charge is 0.803 e. The first-order valence-corrected chi connectivity index (χ1v) is 22.2. The maximum Gasteiger partial charge on any atom is 0.296 e. The maximum absolute atomic E-state index is 13.7. The monoisotopic (exact) mass is 989 g/mol. The van der Waals surface area contributed by atoms with Crippen LogP contribution in [0.4, 0.5) is 0 Å². The number of amides is 6. The summed E-state index contributed by atoms with van der Waals surface area (Å²) in [6.07, 6.45) is 0.249. The fourth-order valence-corrected chi connectivity index (χ4v) is 7.17. The number of aromatic nitrogens is 4. The summed E-state index contributed by atoms with van der Waals surface area (Å²) in [6.45, 7) is -0.939.